The molecule has 0 saturated heterocycles. The molecule has 0 aromatic rings. The molecule has 0 bridgehead atoms. The maximum Gasteiger partial charge on any atom is 0.0563 e. The average Bonchev–Trinajstić information content (AvgIpc) is 1.30. The van der Waals surface area contributed by atoms with Crippen molar-refractivity contribution >= 4 is 29.7 Å². The number of rotatable bonds is 2. The van der Waals surface area contributed by atoms with Crippen LogP contribution in [0.3, 0.4) is 0 Å². The van der Waals surface area contributed by atoms with Crippen molar-refractivity contribution in [3.63, 3.8) is 0 Å². The first-order valence-electron chi connectivity index (χ1n) is 2.30. The molecule has 0 amide bonds. The topological polar surface area (TPSA) is 0 Å². The first-order valence-corrected chi connectivity index (χ1v) is 7.82. The van der Waals surface area contributed by atoms with E-state index in [-0.39, 0.29) is 0 Å². The van der Waals surface area contributed by atoms with Crippen LogP contribution in [0.25, 0.3) is 0 Å². The zero-order valence-electron chi connectivity index (χ0n) is 4.99. The third-order valence-electron chi connectivity index (χ3n) is 0.488. The summed E-state index contributed by atoms with van der Waals surface area (Å²) in [7, 11) is 6.05. The largest absolute Gasteiger partial charge is 0.0689 e. The fourth-order valence-corrected chi connectivity index (χ4v) is 4.42. The second kappa shape index (κ2) is 3.00. The standard InChI is InChI=1S/C4H11ClSSi/c1-7(2,3)4-6-5/h4H2,1-3H3. The molecular weight excluding hydrogens is 144 g/mol. The van der Waals surface area contributed by atoms with Crippen LogP contribution in [-0.2, 0) is 0 Å². The van der Waals surface area contributed by atoms with Crippen molar-refractivity contribution in [2.24, 2.45) is 0 Å². The Morgan fingerprint density at radius 3 is 1.86 bits per heavy atom. The number of halogens is 1. The highest BCUT2D eigenvalue weighted by atomic mass is 35.7. The average molecular weight is 155 g/mol. The van der Waals surface area contributed by atoms with Gasteiger partial charge in [-0.1, -0.05) is 30.6 Å². The summed E-state index contributed by atoms with van der Waals surface area (Å²) in [5, 5.41) is 1.16. The molecule has 0 rings (SSSR count). The van der Waals surface area contributed by atoms with Gasteiger partial charge in [-0.15, -0.1) is 0 Å². The Bertz CT molecular complexity index is 50.1. The molecule has 44 valence electrons. The minimum absolute atomic E-state index is 0.826. The van der Waals surface area contributed by atoms with Gasteiger partial charge in [-0.05, 0) is 10.7 Å². The zero-order valence-corrected chi connectivity index (χ0v) is 7.57. The van der Waals surface area contributed by atoms with Gasteiger partial charge >= 0.3 is 0 Å². The molecule has 7 heavy (non-hydrogen) atoms. The third kappa shape index (κ3) is 6.86. The predicted octanol–water partition coefficient (Wildman–Crippen LogP) is 2.75. The lowest BCUT2D eigenvalue weighted by Gasteiger charge is -2.10. The van der Waals surface area contributed by atoms with Crippen LogP contribution in [0.4, 0.5) is 0 Å². The summed E-state index contributed by atoms with van der Waals surface area (Å²) in [4.78, 5) is 0. The quantitative estimate of drug-likeness (QED) is 0.552. The van der Waals surface area contributed by atoms with Gasteiger partial charge in [0, 0.05) is 5.38 Å². The van der Waals surface area contributed by atoms with E-state index in [9.17, 15) is 0 Å². The summed E-state index contributed by atoms with van der Waals surface area (Å²) >= 11 is 0. The number of hydrogen-bond acceptors (Lipinski definition) is 1. The number of hydrogen-bond donors (Lipinski definition) is 0. The van der Waals surface area contributed by atoms with Gasteiger partial charge in [0.2, 0.25) is 0 Å². The van der Waals surface area contributed by atoms with Crippen molar-refractivity contribution in [1.82, 2.24) is 0 Å². The van der Waals surface area contributed by atoms with Crippen molar-refractivity contribution in [2.45, 2.75) is 19.6 Å². The molecule has 0 spiro atoms. The summed E-state index contributed by atoms with van der Waals surface area (Å²) < 4.78 is 0. The zero-order chi connectivity index (χ0) is 5.91. The maximum absolute atomic E-state index is 5.44. The molecule has 0 heterocycles. The van der Waals surface area contributed by atoms with Gasteiger partial charge in [0.05, 0.1) is 8.07 Å². The van der Waals surface area contributed by atoms with Crippen LogP contribution in [-0.4, -0.2) is 13.5 Å². The Morgan fingerprint density at radius 2 is 1.86 bits per heavy atom. The summed E-state index contributed by atoms with van der Waals surface area (Å²) in [5.41, 5.74) is 0. The van der Waals surface area contributed by atoms with Gasteiger partial charge < -0.3 is 0 Å². The molecule has 0 aromatic heterocycles. The first kappa shape index (κ1) is 7.86. The normalized spacial score (nSPS) is 12.0. The molecule has 0 aliphatic rings. The fourth-order valence-electron chi connectivity index (χ4n) is 0.164. The molecule has 3 heteroatoms. The third-order valence-corrected chi connectivity index (χ3v) is 5.37. The van der Waals surface area contributed by atoms with E-state index < -0.39 is 8.07 Å². The summed E-state index contributed by atoms with van der Waals surface area (Å²) in [6.07, 6.45) is 0. The highest BCUT2D eigenvalue weighted by molar-refractivity contribution is 8.22. The van der Waals surface area contributed by atoms with Crippen LogP contribution in [0, 0.1) is 0 Å². The maximum atomic E-state index is 5.44. The highest BCUT2D eigenvalue weighted by Crippen LogP contribution is 2.13. The van der Waals surface area contributed by atoms with Crippen LogP contribution in [0.15, 0.2) is 0 Å². The molecule has 0 radical (unpaired) electrons. The Kier molecular flexibility index (Phi) is 3.37. The Balaban J connectivity index is 3.15. The van der Waals surface area contributed by atoms with Crippen LogP contribution in [0.5, 0.6) is 0 Å². The van der Waals surface area contributed by atoms with E-state index in [1.807, 2.05) is 0 Å². The molecule has 0 unspecified atom stereocenters. The van der Waals surface area contributed by atoms with Crippen molar-refractivity contribution in [3.05, 3.63) is 0 Å². The van der Waals surface area contributed by atoms with E-state index in [0.717, 1.165) is 5.38 Å². The van der Waals surface area contributed by atoms with E-state index in [0.29, 0.717) is 0 Å². The van der Waals surface area contributed by atoms with Crippen molar-refractivity contribution in [3.8, 4) is 0 Å². The van der Waals surface area contributed by atoms with Gasteiger partial charge in [-0.2, -0.15) is 0 Å². The van der Waals surface area contributed by atoms with Crippen LogP contribution in [0.2, 0.25) is 19.6 Å². The molecular formula is C4H11ClSSi. The van der Waals surface area contributed by atoms with Gasteiger partial charge in [0.1, 0.15) is 0 Å². The Labute approximate surface area is 55.1 Å². The summed E-state index contributed by atoms with van der Waals surface area (Å²) in [6, 6.07) is 0. The monoisotopic (exact) mass is 154 g/mol. The van der Waals surface area contributed by atoms with Crippen molar-refractivity contribution < 1.29 is 0 Å². The van der Waals surface area contributed by atoms with E-state index in [1.54, 1.807) is 0 Å². The molecule has 0 saturated carbocycles. The van der Waals surface area contributed by atoms with E-state index in [2.05, 4.69) is 19.6 Å². The minimum Gasteiger partial charge on any atom is -0.0689 e. The van der Waals surface area contributed by atoms with Crippen LogP contribution < -0.4 is 0 Å². The Hall–Kier alpha value is 0.857. The van der Waals surface area contributed by atoms with Gasteiger partial charge in [0.15, 0.2) is 0 Å². The fraction of sp³-hybridized carbons (Fsp3) is 1.00. The lowest BCUT2D eigenvalue weighted by atomic mass is 11.8. The van der Waals surface area contributed by atoms with Gasteiger partial charge in [-0.3, -0.25) is 0 Å². The molecule has 0 aliphatic carbocycles. The molecule has 0 atom stereocenters. The minimum atomic E-state index is -0.826. The summed E-state index contributed by atoms with van der Waals surface area (Å²) in [6.45, 7) is 6.92. The van der Waals surface area contributed by atoms with Crippen molar-refractivity contribution in [1.29, 1.82) is 0 Å². The molecule has 0 aliphatic heterocycles. The first-order chi connectivity index (χ1) is 3.06. The van der Waals surface area contributed by atoms with Crippen molar-refractivity contribution in [2.75, 3.05) is 5.38 Å². The second-order valence-electron chi connectivity index (χ2n) is 2.81. The molecule has 0 nitrogen and oxygen atoms in total. The molecule has 0 aromatic carbocycles. The lowest BCUT2D eigenvalue weighted by molar-refractivity contribution is 1.68. The van der Waals surface area contributed by atoms with Gasteiger partial charge in [0.25, 0.3) is 0 Å². The highest BCUT2D eigenvalue weighted by Gasteiger charge is 2.10. The molecule has 0 N–H and O–H groups in total. The lowest BCUT2D eigenvalue weighted by Crippen LogP contribution is -2.22. The smallest absolute Gasteiger partial charge is 0.0563 e. The van der Waals surface area contributed by atoms with E-state index >= 15 is 0 Å². The van der Waals surface area contributed by atoms with Gasteiger partial charge in [-0.25, -0.2) is 0 Å². The van der Waals surface area contributed by atoms with Crippen LogP contribution >= 0.6 is 21.7 Å². The predicted molar refractivity (Wildman–Crippen MR) is 41.7 cm³/mol. The van der Waals surface area contributed by atoms with Crippen LogP contribution in [0.1, 0.15) is 0 Å². The van der Waals surface area contributed by atoms with E-state index in [1.165, 1.54) is 11.0 Å². The summed E-state index contributed by atoms with van der Waals surface area (Å²) in [5.74, 6) is 0. The SMILES string of the molecule is C[Si](C)(C)CSCl. The Morgan fingerprint density at radius 1 is 1.43 bits per heavy atom. The van der Waals surface area contributed by atoms with E-state index in [4.69, 9.17) is 10.7 Å². The second-order valence-corrected chi connectivity index (χ2v) is 9.96. The molecule has 0 fully saturated rings.